The largest absolute Gasteiger partial charge is 0.448 e. The van der Waals surface area contributed by atoms with Crippen LogP contribution in [0.4, 0.5) is 4.79 Å². The molecule has 1 N–H and O–H groups in total. The van der Waals surface area contributed by atoms with Crippen LogP contribution in [0.2, 0.25) is 0 Å². The lowest BCUT2D eigenvalue weighted by Gasteiger charge is -2.25. The summed E-state index contributed by atoms with van der Waals surface area (Å²) in [6.45, 7) is 2.11. The summed E-state index contributed by atoms with van der Waals surface area (Å²) in [5.41, 5.74) is 5.17. The number of amides is 2. The summed E-state index contributed by atoms with van der Waals surface area (Å²) in [5, 5.41) is 11.7. The molecular weight excluding hydrogens is 691 g/mol. The molecule has 2 aliphatic carbocycles. The number of hydrogen-bond donors (Lipinski definition) is 1. The molecule has 2 aliphatic heterocycles. The minimum absolute atomic E-state index is 0.0285. The summed E-state index contributed by atoms with van der Waals surface area (Å²) in [4.78, 5) is 62.7. The number of ether oxygens (including phenoxy) is 1. The fourth-order valence-corrected chi connectivity index (χ4v) is 9.00. The van der Waals surface area contributed by atoms with Gasteiger partial charge in [0.05, 0.1) is 18.3 Å². The Kier molecular flexibility index (Phi) is 8.95. The van der Waals surface area contributed by atoms with Gasteiger partial charge in [-0.05, 0) is 69.1 Å². The first-order valence-electron chi connectivity index (χ1n) is 19.5. The molecule has 9 rings (SSSR count). The number of carbonyl (C=O) groups is 4. The quantitative estimate of drug-likeness (QED) is 0.108. The molecule has 0 bridgehead atoms. The summed E-state index contributed by atoms with van der Waals surface area (Å²) < 4.78 is 6.13. The number of likely N-dealkylation sites (tertiary alicyclic amines) is 1. The highest BCUT2D eigenvalue weighted by Crippen LogP contribution is 2.46. The van der Waals surface area contributed by atoms with Crippen LogP contribution in [0.3, 0.4) is 0 Å². The molecule has 1 spiro atoms. The number of carbonyl (C=O) groups excluding carboxylic acids is 4. The van der Waals surface area contributed by atoms with E-state index in [2.05, 4.69) is 65.1 Å². The first-order chi connectivity index (χ1) is 26.8. The van der Waals surface area contributed by atoms with E-state index in [1.165, 1.54) is 4.90 Å². The van der Waals surface area contributed by atoms with Crippen molar-refractivity contribution in [2.45, 2.75) is 75.5 Å². The summed E-state index contributed by atoms with van der Waals surface area (Å²) in [6.07, 6.45) is 2.53. The van der Waals surface area contributed by atoms with Gasteiger partial charge < -0.3 is 14.9 Å². The molecule has 0 radical (unpaired) electrons. The highest BCUT2D eigenvalue weighted by Gasteiger charge is 2.55. The van der Waals surface area contributed by atoms with Gasteiger partial charge >= 0.3 is 6.09 Å². The molecule has 5 aromatic rings. The van der Waals surface area contributed by atoms with Crippen LogP contribution < -0.4 is 5.32 Å². The minimum atomic E-state index is -0.979. The number of benzene rings is 5. The van der Waals surface area contributed by atoms with E-state index in [4.69, 9.17) is 9.57 Å². The number of nitrogens with zero attached hydrogens (tertiary/aromatic N) is 2. The average Bonchev–Trinajstić information content (AvgIpc) is 3.67. The van der Waals surface area contributed by atoms with E-state index >= 15 is 0 Å². The van der Waals surface area contributed by atoms with Crippen molar-refractivity contribution in [3.8, 4) is 11.1 Å². The molecule has 3 atom stereocenters. The van der Waals surface area contributed by atoms with Crippen molar-refractivity contribution in [1.29, 1.82) is 0 Å². The number of hydrogen-bond acceptors (Lipinski definition) is 7. The number of Topliss-reactive ketones (excluding diaryl/α,β-unsaturated/α-hetero) is 2. The maximum atomic E-state index is 14.4. The van der Waals surface area contributed by atoms with Crippen LogP contribution in [-0.2, 0) is 24.0 Å². The third-order valence-electron chi connectivity index (χ3n) is 11.8. The van der Waals surface area contributed by atoms with E-state index in [0.29, 0.717) is 19.3 Å². The van der Waals surface area contributed by atoms with Crippen LogP contribution in [0.15, 0.2) is 108 Å². The Morgan fingerprint density at radius 3 is 2.13 bits per heavy atom. The second kappa shape index (κ2) is 14.1. The van der Waals surface area contributed by atoms with Gasteiger partial charge in [0.1, 0.15) is 6.61 Å². The van der Waals surface area contributed by atoms with E-state index in [1.807, 2.05) is 55.5 Å². The van der Waals surface area contributed by atoms with Crippen LogP contribution in [0.5, 0.6) is 0 Å². The summed E-state index contributed by atoms with van der Waals surface area (Å²) in [5.74, 6) is -2.44. The van der Waals surface area contributed by atoms with Crippen molar-refractivity contribution in [3.05, 3.63) is 120 Å². The third kappa shape index (κ3) is 6.45. The zero-order valence-electron chi connectivity index (χ0n) is 30.8. The number of nitrogens with one attached hydrogen (secondary N) is 1. The molecule has 0 unspecified atom stereocenters. The molecule has 1 saturated carbocycles. The molecule has 4 aliphatic rings. The average molecular weight is 734 g/mol. The van der Waals surface area contributed by atoms with E-state index in [9.17, 15) is 19.2 Å². The Hall–Kier alpha value is -5.83. The van der Waals surface area contributed by atoms with E-state index in [0.717, 1.165) is 67.9 Å². The fourth-order valence-electron chi connectivity index (χ4n) is 9.00. The highest BCUT2D eigenvalue weighted by atomic mass is 16.7. The predicted molar refractivity (Wildman–Crippen MR) is 211 cm³/mol. The molecule has 2 amide bonds. The van der Waals surface area contributed by atoms with E-state index in [-0.39, 0.29) is 43.7 Å². The van der Waals surface area contributed by atoms with Gasteiger partial charge in [-0.3, -0.25) is 19.3 Å². The predicted octanol–water partition coefficient (Wildman–Crippen LogP) is 8.10. The van der Waals surface area contributed by atoms with Gasteiger partial charge in [0.25, 0.3) is 5.91 Å². The van der Waals surface area contributed by atoms with Crippen molar-refractivity contribution in [2.24, 2.45) is 11.1 Å². The first-order valence-corrected chi connectivity index (χ1v) is 19.5. The van der Waals surface area contributed by atoms with Gasteiger partial charge in [-0.15, -0.1) is 0 Å². The second-order valence-corrected chi connectivity index (χ2v) is 15.6. The molecule has 2 heterocycles. The number of oxime groups is 1. The van der Waals surface area contributed by atoms with Crippen LogP contribution in [0.25, 0.3) is 32.7 Å². The summed E-state index contributed by atoms with van der Waals surface area (Å²) in [6, 6.07) is 34.0. The third-order valence-corrected chi connectivity index (χ3v) is 11.8. The van der Waals surface area contributed by atoms with Gasteiger partial charge in [-0.25, -0.2) is 4.79 Å². The molecule has 278 valence electrons. The minimum Gasteiger partial charge on any atom is -0.448 e. The Bertz CT molecular complexity index is 2300. The Labute approximate surface area is 319 Å². The number of fused-ring (bicyclic) bond motifs is 5. The molecule has 0 aromatic heterocycles. The summed E-state index contributed by atoms with van der Waals surface area (Å²) in [7, 11) is 0. The lowest BCUT2D eigenvalue weighted by Crippen LogP contribution is -2.43. The molecule has 1 saturated heterocycles. The standard InChI is InChI=1S/C46H43N3O6/c1-2-11-30(43(51)44(52)47-31-20-21-31)23-41(50)40-25-46(24-39(48-55-46)42-32-14-5-3-12-28(32)22-29-13-4-6-15-33(29)42)27-49(40)45(53)54-26-38-36-18-9-7-16-34(36)35-17-8-10-19-37(35)38/h3-10,12-19,22,30-31,38,40H,2,11,20-21,23-27H2,1H3,(H,47,52)/t30-,40+,46-/m1/s1. The Morgan fingerprint density at radius 1 is 0.873 bits per heavy atom. The molecule has 9 nitrogen and oxygen atoms in total. The molecule has 9 heteroatoms. The van der Waals surface area contributed by atoms with Crippen LogP contribution in [-0.4, -0.2) is 65.0 Å². The van der Waals surface area contributed by atoms with Crippen LogP contribution in [0, 0.1) is 5.92 Å². The molecular formula is C46H43N3O6. The maximum absolute atomic E-state index is 14.4. The van der Waals surface area contributed by atoms with Gasteiger partial charge in [0.15, 0.2) is 11.4 Å². The van der Waals surface area contributed by atoms with Crippen molar-refractivity contribution < 1.29 is 28.8 Å². The normalized spacial score (nSPS) is 20.6. The lowest BCUT2D eigenvalue weighted by molar-refractivity contribution is -0.141. The zero-order valence-corrected chi connectivity index (χ0v) is 30.8. The lowest BCUT2D eigenvalue weighted by atomic mass is 9.85. The van der Waals surface area contributed by atoms with Crippen LogP contribution >= 0.6 is 0 Å². The van der Waals surface area contributed by atoms with Crippen LogP contribution in [0.1, 0.15) is 74.5 Å². The second-order valence-electron chi connectivity index (χ2n) is 15.6. The van der Waals surface area contributed by atoms with Crippen molar-refractivity contribution in [3.63, 3.8) is 0 Å². The zero-order chi connectivity index (χ0) is 37.7. The maximum Gasteiger partial charge on any atom is 0.410 e. The molecule has 55 heavy (non-hydrogen) atoms. The van der Waals surface area contributed by atoms with Crippen molar-refractivity contribution in [1.82, 2.24) is 10.2 Å². The SMILES string of the molecule is CCC[C@H](CC(=O)[C@@H]1C[C@]2(CC(c3c4ccccc4cc4ccccc34)=NO2)CN1C(=O)OCC1c2ccccc2-c2ccccc21)C(=O)C(=O)NC1CC1. The summed E-state index contributed by atoms with van der Waals surface area (Å²) >= 11 is 0. The number of ketones is 2. The smallest absolute Gasteiger partial charge is 0.410 e. The fraction of sp³-hybridized carbons (Fsp3) is 0.326. The molecule has 2 fully saturated rings. The highest BCUT2D eigenvalue weighted by molar-refractivity contribution is 6.37. The first kappa shape index (κ1) is 34.9. The van der Waals surface area contributed by atoms with E-state index in [1.54, 1.807) is 0 Å². The number of rotatable bonds is 11. The van der Waals surface area contributed by atoms with Gasteiger partial charge in [0, 0.05) is 42.7 Å². The van der Waals surface area contributed by atoms with Gasteiger partial charge in [-0.1, -0.05) is 116 Å². The van der Waals surface area contributed by atoms with Crippen molar-refractivity contribution >= 4 is 50.8 Å². The molecule has 5 aromatic carbocycles. The van der Waals surface area contributed by atoms with Gasteiger partial charge in [0.2, 0.25) is 5.78 Å². The van der Waals surface area contributed by atoms with E-state index < -0.39 is 35.3 Å². The Morgan fingerprint density at radius 2 is 1.49 bits per heavy atom. The van der Waals surface area contributed by atoms with Crippen molar-refractivity contribution in [2.75, 3.05) is 13.2 Å². The monoisotopic (exact) mass is 733 g/mol. The van der Waals surface area contributed by atoms with Gasteiger partial charge in [-0.2, -0.15) is 0 Å². The topological polar surface area (TPSA) is 114 Å². The Balaban J connectivity index is 1.00.